The van der Waals surface area contributed by atoms with Gasteiger partial charge < -0.3 is 9.84 Å². The van der Waals surface area contributed by atoms with Crippen LogP contribution in [-0.2, 0) is 14.1 Å². The molecule has 0 bridgehead atoms. The van der Waals surface area contributed by atoms with Gasteiger partial charge >= 0.3 is 5.69 Å². The van der Waals surface area contributed by atoms with Gasteiger partial charge in [0, 0.05) is 20.2 Å². The van der Waals surface area contributed by atoms with Crippen LogP contribution in [0.5, 0.6) is 5.75 Å². The molecule has 1 atom stereocenters. The van der Waals surface area contributed by atoms with Crippen molar-refractivity contribution in [2.75, 3.05) is 6.61 Å². The molecule has 1 N–H and O–H groups in total. The summed E-state index contributed by atoms with van der Waals surface area (Å²) in [6.45, 7) is 0.0567. The Labute approximate surface area is 138 Å². The summed E-state index contributed by atoms with van der Waals surface area (Å²) in [6, 6.07) is 14.2. The second-order valence-electron chi connectivity index (χ2n) is 5.62. The molecule has 0 radical (unpaired) electrons. The van der Waals surface area contributed by atoms with Crippen molar-refractivity contribution >= 4 is 11.0 Å². The Morgan fingerprint density at radius 1 is 1.17 bits per heavy atom. The Bertz CT molecular complexity index is 995. The van der Waals surface area contributed by atoms with Gasteiger partial charge in [0.15, 0.2) is 0 Å². The highest BCUT2D eigenvalue weighted by atomic mass is 16.5. The number of imidazole rings is 1. The Morgan fingerprint density at radius 2 is 1.92 bits per heavy atom. The molecule has 1 unspecified atom stereocenters. The highest BCUT2D eigenvalue weighted by Crippen LogP contribution is 2.21. The van der Waals surface area contributed by atoms with Gasteiger partial charge in [0.05, 0.1) is 22.7 Å². The molecule has 3 rings (SSSR count). The van der Waals surface area contributed by atoms with E-state index in [2.05, 4.69) is 0 Å². The fraction of sp³-hybridized carbons (Fsp3) is 0.222. The van der Waals surface area contributed by atoms with Crippen LogP contribution in [0.15, 0.2) is 47.3 Å². The fourth-order valence-electron chi connectivity index (χ4n) is 2.66. The van der Waals surface area contributed by atoms with Gasteiger partial charge in [-0.25, -0.2) is 4.79 Å². The number of aliphatic hydroxyl groups is 1. The van der Waals surface area contributed by atoms with E-state index in [0.717, 1.165) is 11.0 Å². The summed E-state index contributed by atoms with van der Waals surface area (Å²) in [6.07, 6.45) is -0.839. The first-order valence-corrected chi connectivity index (χ1v) is 7.47. The van der Waals surface area contributed by atoms with E-state index in [-0.39, 0.29) is 12.3 Å². The van der Waals surface area contributed by atoms with E-state index in [4.69, 9.17) is 10.00 Å². The molecule has 2 aromatic carbocycles. The van der Waals surface area contributed by atoms with E-state index in [1.807, 2.05) is 12.1 Å². The molecule has 1 heterocycles. The molecule has 0 aliphatic rings. The maximum atomic E-state index is 11.9. The van der Waals surface area contributed by atoms with Gasteiger partial charge in [-0.15, -0.1) is 0 Å². The molecule has 0 saturated carbocycles. The van der Waals surface area contributed by atoms with E-state index in [0.29, 0.717) is 16.9 Å². The van der Waals surface area contributed by atoms with Gasteiger partial charge in [-0.3, -0.25) is 9.13 Å². The summed E-state index contributed by atoms with van der Waals surface area (Å²) in [5, 5.41) is 19.1. The molecule has 0 aliphatic heterocycles. The number of rotatable bonds is 4. The lowest BCUT2D eigenvalue weighted by atomic mass is 10.1. The smallest absolute Gasteiger partial charge is 0.328 e. The number of aryl methyl sites for hydroxylation is 2. The normalized spacial score (nSPS) is 12.1. The standard InChI is InChI=1S/C18H17N3O3/c1-20-15-7-6-14(9-16(15)21(2)18(20)23)24-11-17(22)13-5-3-4-12(8-13)10-19/h3-9,17,22H,11H2,1-2H3. The van der Waals surface area contributed by atoms with Crippen molar-refractivity contribution in [3.8, 4) is 11.8 Å². The minimum atomic E-state index is -0.839. The number of hydrogen-bond donors (Lipinski definition) is 1. The lowest BCUT2D eigenvalue weighted by Crippen LogP contribution is -2.19. The first-order chi connectivity index (χ1) is 11.5. The Kier molecular flexibility index (Phi) is 4.11. The van der Waals surface area contributed by atoms with E-state index in [9.17, 15) is 9.90 Å². The molecule has 3 aromatic rings. The molecule has 6 nitrogen and oxygen atoms in total. The molecule has 0 amide bonds. The van der Waals surface area contributed by atoms with Crippen molar-refractivity contribution < 1.29 is 9.84 Å². The van der Waals surface area contributed by atoms with E-state index in [1.165, 1.54) is 0 Å². The number of aromatic nitrogens is 2. The topological polar surface area (TPSA) is 80.2 Å². The zero-order valence-corrected chi connectivity index (χ0v) is 13.4. The Hall–Kier alpha value is -3.04. The predicted molar refractivity (Wildman–Crippen MR) is 89.8 cm³/mol. The van der Waals surface area contributed by atoms with Gasteiger partial charge in [-0.05, 0) is 29.8 Å². The average molecular weight is 323 g/mol. The molecule has 0 spiro atoms. The number of fused-ring (bicyclic) bond motifs is 1. The largest absolute Gasteiger partial charge is 0.490 e. The average Bonchev–Trinajstić information content (AvgIpc) is 2.84. The van der Waals surface area contributed by atoms with Crippen LogP contribution in [0.2, 0.25) is 0 Å². The zero-order valence-electron chi connectivity index (χ0n) is 13.4. The monoisotopic (exact) mass is 323 g/mol. The first-order valence-electron chi connectivity index (χ1n) is 7.47. The van der Waals surface area contributed by atoms with Crippen LogP contribution in [0.1, 0.15) is 17.2 Å². The van der Waals surface area contributed by atoms with Gasteiger partial charge in [0.1, 0.15) is 18.5 Å². The van der Waals surface area contributed by atoms with Crippen molar-refractivity contribution in [3.63, 3.8) is 0 Å². The third-order valence-electron chi connectivity index (χ3n) is 4.05. The lowest BCUT2D eigenvalue weighted by molar-refractivity contribution is 0.108. The van der Waals surface area contributed by atoms with Crippen molar-refractivity contribution in [1.29, 1.82) is 5.26 Å². The number of benzene rings is 2. The van der Waals surface area contributed by atoms with Crippen LogP contribution in [0, 0.1) is 11.3 Å². The second-order valence-corrected chi connectivity index (χ2v) is 5.62. The van der Waals surface area contributed by atoms with Gasteiger partial charge in [0.2, 0.25) is 0 Å². The number of ether oxygens (including phenoxy) is 1. The van der Waals surface area contributed by atoms with Crippen LogP contribution < -0.4 is 10.4 Å². The number of aliphatic hydroxyl groups excluding tert-OH is 1. The van der Waals surface area contributed by atoms with E-state index < -0.39 is 6.10 Å². The SMILES string of the molecule is Cn1c(=O)n(C)c2cc(OCC(O)c3cccc(C#N)c3)ccc21. The zero-order chi connectivity index (χ0) is 17.3. The summed E-state index contributed by atoms with van der Waals surface area (Å²) in [5.74, 6) is 0.569. The van der Waals surface area contributed by atoms with Crippen LogP contribution in [0.4, 0.5) is 0 Å². The van der Waals surface area contributed by atoms with Gasteiger partial charge in [-0.2, -0.15) is 5.26 Å². The molecule has 0 saturated heterocycles. The number of hydrogen-bond acceptors (Lipinski definition) is 4. The molecule has 1 aromatic heterocycles. The van der Waals surface area contributed by atoms with Crippen molar-refractivity contribution in [2.24, 2.45) is 14.1 Å². The van der Waals surface area contributed by atoms with Crippen LogP contribution in [-0.4, -0.2) is 20.8 Å². The quantitative estimate of drug-likeness (QED) is 0.795. The highest BCUT2D eigenvalue weighted by molar-refractivity contribution is 5.77. The maximum Gasteiger partial charge on any atom is 0.328 e. The van der Waals surface area contributed by atoms with E-state index >= 15 is 0 Å². The lowest BCUT2D eigenvalue weighted by Gasteiger charge is -2.13. The molecule has 24 heavy (non-hydrogen) atoms. The third kappa shape index (κ3) is 2.77. The Balaban J connectivity index is 1.79. The van der Waals surface area contributed by atoms with Gasteiger partial charge in [0.25, 0.3) is 0 Å². The molecule has 0 aliphatic carbocycles. The van der Waals surface area contributed by atoms with Crippen molar-refractivity contribution in [2.45, 2.75) is 6.10 Å². The minimum Gasteiger partial charge on any atom is -0.490 e. The molecule has 6 heteroatoms. The summed E-state index contributed by atoms with van der Waals surface area (Å²) in [5.41, 5.74) is 2.60. The maximum absolute atomic E-state index is 11.9. The van der Waals surface area contributed by atoms with Gasteiger partial charge in [-0.1, -0.05) is 12.1 Å². The third-order valence-corrected chi connectivity index (χ3v) is 4.05. The second kappa shape index (κ2) is 6.22. The Morgan fingerprint density at radius 3 is 2.67 bits per heavy atom. The molecule has 0 fully saturated rings. The summed E-state index contributed by atoms with van der Waals surface area (Å²) < 4.78 is 8.77. The van der Waals surface area contributed by atoms with E-state index in [1.54, 1.807) is 59.6 Å². The van der Waals surface area contributed by atoms with Crippen LogP contribution in [0.25, 0.3) is 11.0 Å². The number of nitriles is 1. The number of nitrogens with zero attached hydrogens (tertiary/aromatic N) is 3. The highest BCUT2D eigenvalue weighted by Gasteiger charge is 2.11. The van der Waals surface area contributed by atoms with Crippen LogP contribution in [0.3, 0.4) is 0 Å². The van der Waals surface area contributed by atoms with Crippen molar-refractivity contribution in [3.05, 3.63) is 64.1 Å². The fourth-order valence-corrected chi connectivity index (χ4v) is 2.66. The summed E-state index contributed by atoms with van der Waals surface area (Å²) in [4.78, 5) is 11.9. The minimum absolute atomic E-state index is 0.0567. The van der Waals surface area contributed by atoms with Crippen molar-refractivity contribution in [1.82, 2.24) is 9.13 Å². The molecular formula is C18H17N3O3. The predicted octanol–water partition coefficient (Wildman–Crippen LogP) is 1.86. The molecule has 122 valence electrons. The van der Waals surface area contributed by atoms with Crippen LogP contribution >= 0.6 is 0 Å². The summed E-state index contributed by atoms with van der Waals surface area (Å²) >= 11 is 0. The first kappa shape index (κ1) is 15.8. The molecular weight excluding hydrogens is 306 g/mol. The summed E-state index contributed by atoms with van der Waals surface area (Å²) in [7, 11) is 3.42.